The second-order valence-corrected chi connectivity index (χ2v) is 4.77. The number of hydrogen-bond acceptors (Lipinski definition) is 2. The van der Waals surface area contributed by atoms with Crippen molar-refractivity contribution >= 4 is 17.6 Å². The van der Waals surface area contributed by atoms with Crippen LogP contribution in [0.25, 0.3) is 0 Å². The standard InChI is InChI=1S/C13H12F3NO3/c14-13(15,16)6-7-1-3-8(4-2-7)17-11(18)9-5-10(9)12(19)20/h1-4,9-10H,5-6H2,(H,17,18)(H,19,20)/t9-,10-/m1/s1. The summed E-state index contributed by atoms with van der Waals surface area (Å²) in [6.45, 7) is 0. The Morgan fingerprint density at radius 2 is 1.80 bits per heavy atom. The van der Waals surface area contributed by atoms with E-state index in [2.05, 4.69) is 5.32 Å². The molecule has 0 radical (unpaired) electrons. The number of carbonyl (C=O) groups is 2. The summed E-state index contributed by atoms with van der Waals surface area (Å²) in [6.07, 6.45) is -4.99. The van der Waals surface area contributed by atoms with Crippen molar-refractivity contribution in [2.24, 2.45) is 11.8 Å². The molecule has 1 aliphatic rings. The SMILES string of the molecule is O=C(O)[C@@H]1C[C@H]1C(=O)Nc1ccc(CC(F)(F)F)cc1. The topological polar surface area (TPSA) is 66.4 Å². The summed E-state index contributed by atoms with van der Waals surface area (Å²) < 4.78 is 36.5. The zero-order valence-corrected chi connectivity index (χ0v) is 10.3. The first-order chi connectivity index (χ1) is 9.26. The van der Waals surface area contributed by atoms with E-state index in [1.54, 1.807) is 0 Å². The molecule has 0 aliphatic heterocycles. The number of hydrogen-bond donors (Lipinski definition) is 2. The highest BCUT2D eigenvalue weighted by Gasteiger charge is 2.48. The summed E-state index contributed by atoms with van der Waals surface area (Å²) in [7, 11) is 0. The van der Waals surface area contributed by atoms with E-state index in [-0.39, 0.29) is 5.56 Å². The number of alkyl halides is 3. The zero-order valence-electron chi connectivity index (χ0n) is 10.3. The second kappa shape index (κ2) is 5.15. The van der Waals surface area contributed by atoms with Crippen LogP contribution < -0.4 is 5.32 Å². The van der Waals surface area contributed by atoms with Crippen LogP contribution >= 0.6 is 0 Å². The van der Waals surface area contributed by atoms with Crippen molar-refractivity contribution in [1.29, 1.82) is 0 Å². The molecule has 0 aromatic heterocycles. The number of carboxylic acids is 1. The number of anilines is 1. The lowest BCUT2D eigenvalue weighted by Crippen LogP contribution is -2.17. The molecule has 2 rings (SSSR count). The molecule has 1 fully saturated rings. The van der Waals surface area contributed by atoms with Gasteiger partial charge in [0, 0.05) is 5.69 Å². The summed E-state index contributed by atoms with van der Waals surface area (Å²) in [5.41, 5.74) is 0.460. The van der Waals surface area contributed by atoms with E-state index in [4.69, 9.17) is 5.11 Å². The van der Waals surface area contributed by atoms with Crippen LogP contribution in [0.5, 0.6) is 0 Å². The molecule has 0 saturated heterocycles. The van der Waals surface area contributed by atoms with Crippen molar-refractivity contribution in [3.8, 4) is 0 Å². The number of rotatable bonds is 4. The number of benzene rings is 1. The molecule has 1 aromatic carbocycles. The van der Waals surface area contributed by atoms with Crippen LogP contribution in [0, 0.1) is 11.8 Å². The number of carbonyl (C=O) groups excluding carboxylic acids is 1. The van der Waals surface area contributed by atoms with Crippen LogP contribution in [0.15, 0.2) is 24.3 Å². The van der Waals surface area contributed by atoms with Gasteiger partial charge in [-0.25, -0.2) is 0 Å². The Bertz CT molecular complexity index is 525. The highest BCUT2D eigenvalue weighted by molar-refractivity contribution is 5.98. The zero-order chi connectivity index (χ0) is 14.9. The van der Waals surface area contributed by atoms with Crippen molar-refractivity contribution in [2.45, 2.75) is 19.0 Å². The number of aliphatic carboxylic acids is 1. The predicted octanol–water partition coefficient (Wildman–Crippen LogP) is 2.45. The third-order valence-electron chi connectivity index (χ3n) is 3.07. The monoisotopic (exact) mass is 287 g/mol. The van der Waals surface area contributed by atoms with Gasteiger partial charge >= 0.3 is 12.1 Å². The quantitative estimate of drug-likeness (QED) is 0.894. The molecule has 0 spiro atoms. The normalized spacial score (nSPS) is 21.4. The van der Waals surface area contributed by atoms with Gasteiger partial charge in [-0.05, 0) is 24.1 Å². The maximum Gasteiger partial charge on any atom is 0.393 e. The third-order valence-corrected chi connectivity index (χ3v) is 3.07. The molecule has 1 amide bonds. The van der Waals surface area contributed by atoms with Gasteiger partial charge in [-0.2, -0.15) is 13.2 Å². The van der Waals surface area contributed by atoms with Crippen LogP contribution in [0.2, 0.25) is 0 Å². The first kappa shape index (κ1) is 14.4. The van der Waals surface area contributed by atoms with Gasteiger partial charge in [-0.15, -0.1) is 0 Å². The number of carboxylic acid groups (broad SMARTS) is 1. The molecule has 108 valence electrons. The fraction of sp³-hybridized carbons (Fsp3) is 0.385. The van der Waals surface area contributed by atoms with E-state index < -0.39 is 36.3 Å². The highest BCUT2D eigenvalue weighted by Crippen LogP contribution is 2.39. The lowest BCUT2D eigenvalue weighted by atomic mass is 10.1. The number of halogens is 3. The molecule has 1 aromatic rings. The number of nitrogens with one attached hydrogen (secondary N) is 1. The molecule has 2 atom stereocenters. The van der Waals surface area contributed by atoms with E-state index in [0.29, 0.717) is 12.1 Å². The molecule has 0 unspecified atom stereocenters. The Labute approximate surface area is 112 Å². The molecule has 0 bridgehead atoms. The fourth-order valence-corrected chi connectivity index (χ4v) is 1.93. The van der Waals surface area contributed by atoms with Crippen LogP contribution in [0.3, 0.4) is 0 Å². The summed E-state index contributed by atoms with van der Waals surface area (Å²) in [4.78, 5) is 22.3. The highest BCUT2D eigenvalue weighted by atomic mass is 19.4. The summed E-state index contributed by atoms with van der Waals surface area (Å²) in [5.74, 6) is -2.63. The van der Waals surface area contributed by atoms with Crippen molar-refractivity contribution in [3.05, 3.63) is 29.8 Å². The molecule has 7 heteroatoms. The van der Waals surface area contributed by atoms with Crippen LogP contribution in [0.4, 0.5) is 18.9 Å². The van der Waals surface area contributed by atoms with E-state index in [9.17, 15) is 22.8 Å². The average Bonchev–Trinajstić information content (AvgIpc) is 3.09. The van der Waals surface area contributed by atoms with E-state index in [1.165, 1.54) is 24.3 Å². The third kappa shape index (κ3) is 3.72. The summed E-state index contributed by atoms with van der Waals surface area (Å²) in [5, 5.41) is 11.2. The Hall–Kier alpha value is -2.05. The molecular formula is C13H12F3NO3. The summed E-state index contributed by atoms with van der Waals surface area (Å²) >= 11 is 0. The first-order valence-electron chi connectivity index (χ1n) is 5.95. The van der Waals surface area contributed by atoms with Crippen molar-refractivity contribution in [1.82, 2.24) is 0 Å². The minimum Gasteiger partial charge on any atom is -0.481 e. The minimum absolute atomic E-state index is 0.102. The first-order valence-corrected chi connectivity index (χ1v) is 5.95. The van der Waals surface area contributed by atoms with Gasteiger partial charge in [0.2, 0.25) is 5.91 Å². The van der Waals surface area contributed by atoms with Crippen molar-refractivity contribution in [3.63, 3.8) is 0 Å². The predicted molar refractivity (Wildman–Crippen MR) is 64.1 cm³/mol. The second-order valence-electron chi connectivity index (χ2n) is 4.77. The van der Waals surface area contributed by atoms with Gasteiger partial charge < -0.3 is 10.4 Å². The molecule has 1 aliphatic carbocycles. The molecular weight excluding hydrogens is 275 g/mol. The maximum absolute atomic E-state index is 12.2. The Morgan fingerprint density at radius 3 is 2.25 bits per heavy atom. The molecule has 2 N–H and O–H groups in total. The Morgan fingerprint density at radius 1 is 1.20 bits per heavy atom. The fourth-order valence-electron chi connectivity index (χ4n) is 1.93. The van der Waals surface area contributed by atoms with Crippen molar-refractivity contribution < 1.29 is 27.9 Å². The maximum atomic E-state index is 12.2. The average molecular weight is 287 g/mol. The van der Waals surface area contributed by atoms with Gasteiger partial charge in [0.25, 0.3) is 0 Å². The van der Waals surface area contributed by atoms with Crippen LogP contribution in [-0.4, -0.2) is 23.2 Å². The van der Waals surface area contributed by atoms with Gasteiger partial charge in [-0.3, -0.25) is 9.59 Å². The Kier molecular flexibility index (Phi) is 3.69. The lowest BCUT2D eigenvalue weighted by Gasteiger charge is -2.08. The van der Waals surface area contributed by atoms with E-state index in [1.807, 2.05) is 0 Å². The Balaban J connectivity index is 1.91. The smallest absolute Gasteiger partial charge is 0.393 e. The largest absolute Gasteiger partial charge is 0.481 e. The molecule has 0 heterocycles. The summed E-state index contributed by atoms with van der Waals surface area (Å²) in [6, 6.07) is 5.31. The lowest BCUT2D eigenvalue weighted by molar-refractivity contribution is -0.139. The minimum atomic E-state index is -4.27. The molecule has 4 nitrogen and oxygen atoms in total. The van der Waals surface area contributed by atoms with Gasteiger partial charge in [0.1, 0.15) is 0 Å². The number of amides is 1. The van der Waals surface area contributed by atoms with E-state index in [0.717, 1.165) is 0 Å². The van der Waals surface area contributed by atoms with Crippen molar-refractivity contribution in [2.75, 3.05) is 5.32 Å². The van der Waals surface area contributed by atoms with E-state index >= 15 is 0 Å². The van der Waals surface area contributed by atoms with Crippen LogP contribution in [-0.2, 0) is 16.0 Å². The van der Waals surface area contributed by atoms with Gasteiger partial charge in [0.05, 0.1) is 18.3 Å². The van der Waals surface area contributed by atoms with Gasteiger partial charge in [0.15, 0.2) is 0 Å². The molecule has 20 heavy (non-hydrogen) atoms. The van der Waals surface area contributed by atoms with Crippen LogP contribution in [0.1, 0.15) is 12.0 Å². The van der Waals surface area contributed by atoms with Gasteiger partial charge in [-0.1, -0.05) is 12.1 Å². The molecule has 1 saturated carbocycles.